The molecule has 0 saturated carbocycles. The monoisotopic (exact) mass is 156 g/mol. The van der Waals surface area contributed by atoms with E-state index in [1.54, 1.807) is 0 Å². The summed E-state index contributed by atoms with van der Waals surface area (Å²) < 4.78 is 8.93. The van der Waals surface area contributed by atoms with E-state index in [0.717, 1.165) is 0 Å². The maximum Gasteiger partial charge on any atom is 0.325 e. The van der Waals surface area contributed by atoms with Gasteiger partial charge in [0.25, 0.3) is 0 Å². The summed E-state index contributed by atoms with van der Waals surface area (Å²) in [5, 5.41) is 0. The lowest BCUT2D eigenvalue weighted by Gasteiger charge is -1.99. The van der Waals surface area contributed by atoms with Crippen LogP contribution in [0.25, 0.3) is 0 Å². The molecule has 0 bridgehead atoms. The summed E-state index contributed by atoms with van der Waals surface area (Å²) in [5.41, 5.74) is 0. The number of hydrogen-bond donors (Lipinski definition) is 0. The van der Waals surface area contributed by atoms with E-state index in [2.05, 4.69) is 16.1 Å². The van der Waals surface area contributed by atoms with Gasteiger partial charge in [-0.1, -0.05) is 6.58 Å². The van der Waals surface area contributed by atoms with Crippen molar-refractivity contribution in [1.82, 2.24) is 0 Å². The molecule has 60 valence electrons. The van der Waals surface area contributed by atoms with E-state index in [1.807, 2.05) is 0 Å². The Labute approximate surface area is 63.8 Å². The largest absolute Gasteiger partial charge is 0.468 e. The molecule has 1 aliphatic rings. The van der Waals surface area contributed by atoms with E-state index in [0.29, 0.717) is 5.76 Å². The Morgan fingerprint density at radius 3 is 2.82 bits per heavy atom. The highest BCUT2D eigenvalue weighted by Crippen LogP contribution is 2.23. The molecule has 1 unspecified atom stereocenters. The number of cyclic esters (lactones) is 1. The fraction of sp³-hybridized carbons (Fsp3) is 0.429. The van der Waals surface area contributed by atoms with Crippen LogP contribution < -0.4 is 0 Å². The van der Waals surface area contributed by atoms with Gasteiger partial charge in [-0.15, -0.1) is 0 Å². The van der Waals surface area contributed by atoms with Gasteiger partial charge in [0.2, 0.25) is 0 Å². The molecule has 0 N–H and O–H groups in total. The lowest BCUT2D eigenvalue weighted by atomic mass is 10.1. The van der Waals surface area contributed by atoms with Gasteiger partial charge < -0.3 is 9.47 Å². The first-order chi connectivity index (χ1) is 5.15. The van der Waals surface area contributed by atoms with Crippen molar-refractivity contribution in [2.24, 2.45) is 5.92 Å². The molecule has 1 aliphatic heterocycles. The van der Waals surface area contributed by atoms with Gasteiger partial charge in [-0.05, 0) is 0 Å². The third kappa shape index (κ3) is 1.39. The highest BCUT2D eigenvalue weighted by molar-refractivity contribution is 5.97. The number of esters is 2. The molecule has 1 saturated heterocycles. The first kappa shape index (κ1) is 7.78. The molecule has 0 radical (unpaired) electrons. The minimum atomic E-state index is -0.799. The van der Waals surface area contributed by atoms with Crippen molar-refractivity contribution in [2.75, 3.05) is 7.11 Å². The van der Waals surface area contributed by atoms with Crippen LogP contribution in [0.3, 0.4) is 0 Å². The number of hydrogen-bond acceptors (Lipinski definition) is 4. The SMILES string of the molecule is C=C1CC(C(=O)OC)C(=O)O1. The second kappa shape index (κ2) is 2.74. The molecular formula is C7H8O4. The molecular weight excluding hydrogens is 148 g/mol. The zero-order valence-electron chi connectivity index (χ0n) is 6.12. The Morgan fingerprint density at radius 2 is 2.45 bits per heavy atom. The topological polar surface area (TPSA) is 52.6 Å². The maximum atomic E-state index is 10.8. The van der Waals surface area contributed by atoms with Crippen LogP contribution in [0.2, 0.25) is 0 Å². The van der Waals surface area contributed by atoms with Crippen LogP contribution in [0, 0.1) is 5.92 Å². The highest BCUT2D eigenvalue weighted by atomic mass is 16.6. The van der Waals surface area contributed by atoms with E-state index in [-0.39, 0.29) is 6.42 Å². The number of methoxy groups -OCH3 is 1. The Hall–Kier alpha value is -1.32. The fourth-order valence-corrected chi connectivity index (χ4v) is 0.888. The lowest BCUT2D eigenvalue weighted by Crippen LogP contribution is -2.20. The number of rotatable bonds is 1. The molecule has 4 heteroatoms. The Bertz CT molecular complexity index is 218. The standard InChI is InChI=1S/C7H8O4/c1-4-3-5(6(8)10-2)7(9)11-4/h5H,1,3H2,2H3. The molecule has 1 rings (SSSR count). The van der Waals surface area contributed by atoms with Crippen LogP contribution in [-0.2, 0) is 19.1 Å². The van der Waals surface area contributed by atoms with E-state index in [1.165, 1.54) is 7.11 Å². The molecule has 1 heterocycles. The van der Waals surface area contributed by atoms with Crippen molar-refractivity contribution < 1.29 is 19.1 Å². The van der Waals surface area contributed by atoms with Crippen LogP contribution in [0.4, 0.5) is 0 Å². The van der Waals surface area contributed by atoms with Crippen LogP contribution >= 0.6 is 0 Å². The molecule has 1 fully saturated rings. The minimum absolute atomic E-state index is 0.242. The van der Waals surface area contributed by atoms with Gasteiger partial charge in [0.1, 0.15) is 5.76 Å². The van der Waals surface area contributed by atoms with Crippen molar-refractivity contribution in [1.29, 1.82) is 0 Å². The molecule has 4 nitrogen and oxygen atoms in total. The van der Waals surface area contributed by atoms with E-state index in [9.17, 15) is 9.59 Å². The first-order valence-electron chi connectivity index (χ1n) is 3.12. The molecule has 0 amide bonds. The van der Waals surface area contributed by atoms with Crippen LogP contribution in [-0.4, -0.2) is 19.0 Å². The van der Waals surface area contributed by atoms with Gasteiger partial charge in [-0.25, -0.2) is 0 Å². The summed E-state index contributed by atoms with van der Waals surface area (Å²) >= 11 is 0. The lowest BCUT2D eigenvalue weighted by molar-refractivity contribution is -0.153. The third-order valence-corrected chi connectivity index (χ3v) is 1.45. The van der Waals surface area contributed by atoms with Crippen LogP contribution in [0.1, 0.15) is 6.42 Å². The predicted octanol–water partition coefficient (Wildman–Crippen LogP) is 0.236. The molecule has 11 heavy (non-hydrogen) atoms. The molecule has 0 spiro atoms. The molecule has 1 atom stereocenters. The zero-order chi connectivity index (χ0) is 8.43. The molecule has 0 aromatic heterocycles. The number of carbonyl (C=O) groups excluding carboxylic acids is 2. The average Bonchev–Trinajstić information content (AvgIpc) is 2.28. The van der Waals surface area contributed by atoms with Crippen molar-refractivity contribution in [2.45, 2.75) is 6.42 Å². The predicted molar refractivity (Wildman–Crippen MR) is 35.4 cm³/mol. The van der Waals surface area contributed by atoms with Gasteiger partial charge in [0.15, 0.2) is 5.92 Å². The fourth-order valence-electron chi connectivity index (χ4n) is 0.888. The first-order valence-corrected chi connectivity index (χ1v) is 3.12. The van der Waals surface area contributed by atoms with E-state index >= 15 is 0 Å². The normalized spacial score (nSPS) is 23.2. The van der Waals surface area contributed by atoms with Crippen molar-refractivity contribution >= 4 is 11.9 Å². The zero-order valence-corrected chi connectivity index (χ0v) is 6.12. The second-order valence-electron chi connectivity index (χ2n) is 2.24. The minimum Gasteiger partial charge on any atom is -0.468 e. The third-order valence-electron chi connectivity index (χ3n) is 1.45. The Balaban J connectivity index is 2.67. The molecule has 0 aromatic carbocycles. The van der Waals surface area contributed by atoms with Gasteiger partial charge in [-0.2, -0.15) is 0 Å². The quantitative estimate of drug-likeness (QED) is 0.403. The van der Waals surface area contributed by atoms with Gasteiger partial charge in [0, 0.05) is 6.42 Å². The van der Waals surface area contributed by atoms with E-state index < -0.39 is 17.9 Å². The second-order valence-corrected chi connectivity index (χ2v) is 2.24. The smallest absolute Gasteiger partial charge is 0.325 e. The average molecular weight is 156 g/mol. The van der Waals surface area contributed by atoms with Crippen molar-refractivity contribution in [3.8, 4) is 0 Å². The Morgan fingerprint density at radius 1 is 1.82 bits per heavy atom. The maximum absolute atomic E-state index is 10.8. The number of allylic oxidation sites excluding steroid dienone is 1. The molecule has 0 aliphatic carbocycles. The number of carbonyl (C=O) groups is 2. The highest BCUT2D eigenvalue weighted by Gasteiger charge is 2.36. The van der Waals surface area contributed by atoms with Gasteiger partial charge >= 0.3 is 11.9 Å². The van der Waals surface area contributed by atoms with Crippen molar-refractivity contribution in [3.63, 3.8) is 0 Å². The summed E-state index contributed by atoms with van der Waals surface area (Å²) in [7, 11) is 1.23. The van der Waals surface area contributed by atoms with E-state index in [4.69, 9.17) is 0 Å². The summed E-state index contributed by atoms with van der Waals surface area (Å²) in [6.45, 7) is 3.42. The van der Waals surface area contributed by atoms with Gasteiger partial charge in [-0.3, -0.25) is 9.59 Å². The molecule has 0 aromatic rings. The van der Waals surface area contributed by atoms with Crippen LogP contribution in [0.5, 0.6) is 0 Å². The van der Waals surface area contributed by atoms with Crippen LogP contribution in [0.15, 0.2) is 12.3 Å². The van der Waals surface area contributed by atoms with Crippen molar-refractivity contribution in [3.05, 3.63) is 12.3 Å². The van der Waals surface area contributed by atoms with Gasteiger partial charge in [0.05, 0.1) is 7.11 Å². The summed E-state index contributed by atoms with van der Waals surface area (Å²) in [6, 6.07) is 0. The summed E-state index contributed by atoms with van der Waals surface area (Å²) in [6.07, 6.45) is 0.242. The number of ether oxygens (including phenoxy) is 2. The summed E-state index contributed by atoms with van der Waals surface area (Å²) in [5.74, 6) is -1.60. The summed E-state index contributed by atoms with van der Waals surface area (Å²) in [4.78, 5) is 21.6. The Kier molecular flexibility index (Phi) is 1.94.